The van der Waals surface area contributed by atoms with Gasteiger partial charge in [0, 0.05) is 6.54 Å². The van der Waals surface area contributed by atoms with Gasteiger partial charge in [0.05, 0.1) is 11.5 Å². The summed E-state index contributed by atoms with van der Waals surface area (Å²) >= 11 is 0. The normalized spacial score (nSPS) is 17.1. The number of hydrogen-bond acceptors (Lipinski definition) is 3. The molecule has 2 rings (SSSR count). The Kier molecular flexibility index (Phi) is 6.70. The SMILES string of the molecule is CCOc1ccc(S(=O)(=O)NCCC2CCCCCC2)cc1. The molecule has 1 saturated carbocycles. The van der Waals surface area contributed by atoms with Gasteiger partial charge in [0.1, 0.15) is 5.75 Å². The Balaban J connectivity index is 1.84. The largest absolute Gasteiger partial charge is 0.494 e. The molecule has 0 bridgehead atoms. The van der Waals surface area contributed by atoms with Crippen molar-refractivity contribution in [3.63, 3.8) is 0 Å². The van der Waals surface area contributed by atoms with Crippen LogP contribution in [0.25, 0.3) is 0 Å². The van der Waals surface area contributed by atoms with E-state index in [0.717, 1.165) is 6.42 Å². The molecule has 0 aromatic heterocycles. The van der Waals surface area contributed by atoms with Gasteiger partial charge in [-0.25, -0.2) is 13.1 Å². The van der Waals surface area contributed by atoms with E-state index >= 15 is 0 Å². The molecular formula is C17H27NO3S. The van der Waals surface area contributed by atoms with Gasteiger partial charge in [-0.1, -0.05) is 38.5 Å². The van der Waals surface area contributed by atoms with Crippen LogP contribution in [0.2, 0.25) is 0 Å². The zero-order chi connectivity index (χ0) is 15.8. The first-order valence-corrected chi connectivity index (χ1v) is 9.82. The minimum Gasteiger partial charge on any atom is -0.494 e. The first-order chi connectivity index (χ1) is 10.6. The van der Waals surface area contributed by atoms with Gasteiger partial charge in [0.25, 0.3) is 0 Å². The average molecular weight is 325 g/mol. The van der Waals surface area contributed by atoms with Crippen molar-refractivity contribution in [3.8, 4) is 5.75 Å². The first kappa shape index (κ1) is 17.3. The molecule has 0 heterocycles. The Morgan fingerprint density at radius 3 is 2.32 bits per heavy atom. The lowest BCUT2D eigenvalue weighted by Gasteiger charge is -2.14. The highest BCUT2D eigenvalue weighted by Crippen LogP contribution is 2.25. The van der Waals surface area contributed by atoms with Crippen molar-refractivity contribution in [2.24, 2.45) is 5.92 Å². The van der Waals surface area contributed by atoms with Crippen molar-refractivity contribution < 1.29 is 13.2 Å². The lowest BCUT2D eigenvalue weighted by Crippen LogP contribution is -2.26. The number of ether oxygens (including phenoxy) is 1. The number of hydrogen-bond donors (Lipinski definition) is 1. The number of benzene rings is 1. The first-order valence-electron chi connectivity index (χ1n) is 8.34. The third-order valence-corrected chi connectivity index (χ3v) is 5.74. The monoisotopic (exact) mass is 325 g/mol. The summed E-state index contributed by atoms with van der Waals surface area (Å²) in [6.07, 6.45) is 8.65. The predicted molar refractivity (Wildman–Crippen MR) is 88.6 cm³/mol. The second kappa shape index (κ2) is 8.53. The fourth-order valence-corrected chi connectivity index (χ4v) is 4.06. The summed E-state index contributed by atoms with van der Waals surface area (Å²) in [5, 5.41) is 0. The quantitative estimate of drug-likeness (QED) is 0.777. The third kappa shape index (κ3) is 5.29. The van der Waals surface area contributed by atoms with Gasteiger partial charge in [0.2, 0.25) is 10.0 Å². The van der Waals surface area contributed by atoms with Crippen LogP contribution in [-0.2, 0) is 10.0 Å². The summed E-state index contributed by atoms with van der Waals surface area (Å²) in [6.45, 7) is 3.01. The Hall–Kier alpha value is -1.07. The molecule has 5 heteroatoms. The Morgan fingerprint density at radius 2 is 1.73 bits per heavy atom. The van der Waals surface area contributed by atoms with E-state index in [2.05, 4.69) is 4.72 Å². The summed E-state index contributed by atoms with van der Waals surface area (Å²) in [5.41, 5.74) is 0. The Bertz CT molecular complexity index is 532. The minimum atomic E-state index is -3.41. The molecule has 1 fully saturated rings. The van der Waals surface area contributed by atoms with Crippen molar-refractivity contribution >= 4 is 10.0 Å². The van der Waals surface area contributed by atoms with Crippen LogP contribution >= 0.6 is 0 Å². The van der Waals surface area contributed by atoms with Gasteiger partial charge < -0.3 is 4.74 Å². The smallest absolute Gasteiger partial charge is 0.240 e. The predicted octanol–water partition coefficient (Wildman–Crippen LogP) is 3.72. The highest BCUT2D eigenvalue weighted by atomic mass is 32.2. The van der Waals surface area contributed by atoms with E-state index in [-0.39, 0.29) is 0 Å². The molecule has 0 spiro atoms. The number of sulfonamides is 1. The fraction of sp³-hybridized carbons (Fsp3) is 0.647. The van der Waals surface area contributed by atoms with Gasteiger partial charge in [0.15, 0.2) is 0 Å². The van der Waals surface area contributed by atoms with Crippen molar-refractivity contribution in [1.29, 1.82) is 0 Å². The summed E-state index contributed by atoms with van der Waals surface area (Å²) in [4.78, 5) is 0.303. The second-order valence-corrected chi connectivity index (χ2v) is 7.72. The summed E-state index contributed by atoms with van der Waals surface area (Å²) < 4.78 is 32.6. The van der Waals surface area contributed by atoms with Gasteiger partial charge in [-0.3, -0.25) is 0 Å². The van der Waals surface area contributed by atoms with Gasteiger partial charge >= 0.3 is 0 Å². The second-order valence-electron chi connectivity index (χ2n) is 5.95. The van der Waals surface area contributed by atoms with Crippen molar-refractivity contribution in [2.45, 2.75) is 56.8 Å². The van der Waals surface area contributed by atoms with Gasteiger partial charge in [-0.2, -0.15) is 0 Å². The van der Waals surface area contributed by atoms with E-state index in [0.29, 0.717) is 29.7 Å². The zero-order valence-electron chi connectivity index (χ0n) is 13.4. The molecule has 0 atom stereocenters. The van der Waals surface area contributed by atoms with Gasteiger partial charge in [-0.15, -0.1) is 0 Å². The van der Waals surface area contributed by atoms with Crippen LogP contribution in [-0.4, -0.2) is 21.6 Å². The molecule has 22 heavy (non-hydrogen) atoms. The molecule has 1 N–H and O–H groups in total. The van der Waals surface area contributed by atoms with E-state index < -0.39 is 10.0 Å². The molecule has 0 saturated heterocycles. The van der Waals surface area contributed by atoms with E-state index in [4.69, 9.17) is 4.74 Å². The van der Waals surface area contributed by atoms with Crippen LogP contribution in [0.15, 0.2) is 29.2 Å². The summed E-state index contributed by atoms with van der Waals surface area (Å²) in [5.74, 6) is 1.37. The molecule has 0 unspecified atom stereocenters. The average Bonchev–Trinajstić information content (AvgIpc) is 2.77. The van der Waals surface area contributed by atoms with Crippen LogP contribution in [0.4, 0.5) is 0 Å². The summed E-state index contributed by atoms with van der Waals surface area (Å²) in [7, 11) is -3.41. The summed E-state index contributed by atoms with van der Waals surface area (Å²) in [6, 6.07) is 6.59. The molecule has 1 aliphatic rings. The lowest BCUT2D eigenvalue weighted by molar-refractivity contribution is 0.340. The van der Waals surface area contributed by atoms with Crippen LogP contribution < -0.4 is 9.46 Å². The highest BCUT2D eigenvalue weighted by Gasteiger charge is 2.16. The molecule has 124 valence electrons. The molecule has 0 aliphatic heterocycles. The Morgan fingerprint density at radius 1 is 1.09 bits per heavy atom. The standard InChI is InChI=1S/C17H27NO3S/c1-2-21-16-9-11-17(12-10-16)22(19,20)18-14-13-15-7-5-3-4-6-8-15/h9-12,15,18H,2-8,13-14H2,1H3. The molecule has 4 nitrogen and oxygen atoms in total. The van der Waals surface area contributed by atoms with E-state index in [1.54, 1.807) is 24.3 Å². The van der Waals surface area contributed by atoms with Crippen LogP contribution in [0.5, 0.6) is 5.75 Å². The Labute approximate surface area is 134 Å². The van der Waals surface area contributed by atoms with Crippen molar-refractivity contribution in [3.05, 3.63) is 24.3 Å². The number of nitrogens with one attached hydrogen (secondary N) is 1. The highest BCUT2D eigenvalue weighted by molar-refractivity contribution is 7.89. The van der Waals surface area contributed by atoms with E-state index in [1.165, 1.54) is 38.5 Å². The lowest BCUT2D eigenvalue weighted by atomic mass is 9.97. The van der Waals surface area contributed by atoms with Crippen molar-refractivity contribution in [2.75, 3.05) is 13.2 Å². The van der Waals surface area contributed by atoms with Gasteiger partial charge in [-0.05, 0) is 43.5 Å². The maximum Gasteiger partial charge on any atom is 0.240 e. The van der Waals surface area contributed by atoms with E-state index in [1.807, 2.05) is 6.92 Å². The number of rotatable bonds is 7. The molecule has 0 radical (unpaired) electrons. The zero-order valence-corrected chi connectivity index (χ0v) is 14.2. The van der Waals surface area contributed by atoms with Crippen LogP contribution in [0.3, 0.4) is 0 Å². The fourth-order valence-electron chi connectivity index (χ4n) is 3.02. The van der Waals surface area contributed by atoms with Crippen LogP contribution in [0.1, 0.15) is 51.9 Å². The van der Waals surface area contributed by atoms with E-state index in [9.17, 15) is 8.42 Å². The topological polar surface area (TPSA) is 55.4 Å². The molecule has 1 aromatic rings. The maximum atomic E-state index is 12.3. The molecule has 0 amide bonds. The maximum absolute atomic E-state index is 12.3. The molecular weight excluding hydrogens is 298 g/mol. The third-order valence-electron chi connectivity index (χ3n) is 4.26. The van der Waals surface area contributed by atoms with Crippen molar-refractivity contribution in [1.82, 2.24) is 4.72 Å². The molecule has 1 aliphatic carbocycles. The molecule has 1 aromatic carbocycles. The minimum absolute atomic E-state index is 0.303. The van der Waals surface area contributed by atoms with Crippen LogP contribution in [0, 0.1) is 5.92 Å².